The van der Waals surface area contributed by atoms with E-state index in [1.54, 1.807) is 0 Å². The topological polar surface area (TPSA) is 51.2 Å². The first-order chi connectivity index (χ1) is 3.35. The van der Waals surface area contributed by atoms with Gasteiger partial charge in [0.25, 0.3) is 0 Å². The summed E-state index contributed by atoms with van der Waals surface area (Å²) in [5, 5.41) is 0. The van der Waals surface area contributed by atoms with Crippen molar-refractivity contribution in [3.05, 3.63) is 0 Å². The second kappa shape index (κ2) is 3.84. The Hall–Kier alpha value is -0.341. The van der Waals surface area contributed by atoms with Crippen LogP contribution in [-0.4, -0.2) is 14.4 Å². The average Bonchev–Trinajstić information content (AvgIpc) is 1.72. The van der Waals surface area contributed by atoms with E-state index >= 15 is 0 Å². The molecule has 0 saturated heterocycles. The Morgan fingerprint density at radius 3 is 1.14 bits per heavy atom. The van der Waals surface area contributed by atoms with Gasteiger partial charge in [0.05, 0.1) is 0 Å². The zero-order chi connectivity index (χ0) is 5.70. The molecule has 0 aromatic rings. The molecule has 0 atom stereocenters. The molecule has 0 unspecified atom stereocenters. The number of hydrogen-bond donors (Lipinski definition) is 0. The van der Waals surface area contributed by atoms with E-state index in [1.807, 2.05) is 0 Å². The van der Waals surface area contributed by atoms with Gasteiger partial charge in [-0.15, -0.1) is 0 Å². The standard InChI is InChI=1S/3CHO.Tc/c3*1-2;/h3*1H;. The van der Waals surface area contributed by atoms with Crippen LogP contribution >= 0.6 is 0 Å². The molecule has 0 aromatic heterocycles. The molecule has 0 aliphatic rings. The summed E-state index contributed by atoms with van der Waals surface area (Å²) in [6, 6.07) is 0. The number of carbonyl (C=O) groups is 3. The van der Waals surface area contributed by atoms with Crippen LogP contribution in [0, 0.1) is 0 Å². The van der Waals surface area contributed by atoms with Crippen LogP contribution in [0.3, 0.4) is 0 Å². The van der Waals surface area contributed by atoms with Crippen LogP contribution in [0.4, 0.5) is 0 Å². The van der Waals surface area contributed by atoms with Crippen LogP contribution in [0.2, 0.25) is 0 Å². The van der Waals surface area contributed by atoms with Crippen LogP contribution in [0.1, 0.15) is 0 Å². The molecule has 3 nitrogen and oxygen atoms in total. The minimum absolute atomic E-state index is 0.448. The van der Waals surface area contributed by atoms with Crippen LogP contribution < -0.4 is 0 Å². The number of carbonyl (C=O) groups excluding carboxylic acids is 3. The minimum atomic E-state index is -2.36. The average molecular weight is 185 g/mol. The van der Waals surface area contributed by atoms with Crippen molar-refractivity contribution in [2.45, 2.75) is 0 Å². The molecule has 0 fully saturated rings. The summed E-state index contributed by atoms with van der Waals surface area (Å²) in [6.45, 7) is 0. The molecular formula is C3H3O3Tc. The Labute approximate surface area is 45.9 Å². The fourth-order valence-corrected chi connectivity index (χ4v) is 0.373. The third-order valence-corrected chi connectivity index (χ3v) is 1.83. The monoisotopic (exact) mass is 184 g/mol. The zero-order valence-electron chi connectivity index (χ0n) is 3.33. The van der Waals surface area contributed by atoms with Crippen LogP contribution in [0.15, 0.2) is 0 Å². The predicted molar refractivity (Wildman–Crippen MR) is 20.3 cm³/mol. The maximum atomic E-state index is 9.57. The molecule has 0 spiro atoms. The first-order valence-corrected chi connectivity index (χ1v) is 4.58. The van der Waals surface area contributed by atoms with Crippen LogP contribution in [0.25, 0.3) is 0 Å². The van der Waals surface area contributed by atoms with Crippen molar-refractivity contribution in [2.75, 3.05) is 0 Å². The van der Waals surface area contributed by atoms with Gasteiger partial charge in [0.15, 0.2) is 0 Å². The van der Waals surface area contributed by atoms with E-state index in [0.717, 1.165) is 0 Å². The predicted octanol–water partition coefficient (Wildman–Crippen LogP) is -0.825. The molecule has 0 N–H and O–H groups in total. The maximum absolute atomic E-state index is 9.57. The van der Waals surface area contributed by atoms with Crippen molar-refractivity contribution in [2.24, 2.45) is 0 Å². The van der Waals surface area contributed by atoms with Crippen molar-refractivity contribution in [1.29, 1.82) is 0 Å². The molecule has 0 saturated carbocycles. The summed E-state index contributed by atoms with van der Waals surface area (Å²) >= 11 is -2.36. The van der Waals surface area contributed by atoms with Gasteiger partial charge in [-0.05, 0) is 0 Å². The van der Waals surface area contributed by atoms with Crippen molar-refractivity contribution in [3.8, 4) is 0 Å². The fraction of sp³-hybridized carbons (Fsp3) is 0. The van der Waals surface area contributed by atoms with Gasteiger partial charge in [-0.25, -0.2) is 0 Å². The Morgan fingerprint density at radius 2 is 1.14 bits per heavy atom. The Morgan fingerprint density at radius 1 is 0.857 bits per heavy atom. The van der Waals surface area contributed by atoms with E-state index in [9.17, 15) is 14.4 Å². The first-order valence-electron chi connectivity index (χ1n) is 1.36. The SMILES string of the molecule is O=[CH][Tc]([CH]=O)[CH]=O. The molecule has 4 heteroatoms. The summed E-state index contributed by atoms with van der Waals surface area (Å²) in [5.41, 5.74) is 0. The van der Waals surface area contributed by atoms with E-state index in [-0.39, 0.29) is 0 Å². The first kappa shape index (κ1) is 6.66. The molecule has 40 valence electrons. The van der Waals surface area contributed by atoms with Crippen molar-refractivity contribution in [1.82, 2.24) is 0 Å². The fourth-order valence-electron chi connectivity index (χ4n) is 0.0630. The molecular weight excluding hydrogens is 182 g/mol. The summed E-state index contributed by atoms with van der Waals surface area (Å²) in [4.78, 5) is 30.1. The van der Waals surface area contributed by atoms with E-state index < -0.39 is 16.5 Å². The third-order valence-electron chi connectivity index (χ3n) is 0.309. The van der Waals surface area contributed by atoms with Gasteiger partial charge >= 0.3 is 45.3 Å². The normalized spacial score (nSPS) is 9.43. The summed E-state index contributed by atoms with van der Waals surface area (Å²) in [5.74, 6) is 0. The Balaban J connectivity index is 3.57. The van der Waals surface area contributed by atoms with Gasteiger partial charge in [-0.2, -0.15) is 0 Å². The molecule has 0 aliphatic carbocycles. The van der Waals surface area contributed by atoms with E-state index in [2.05, 4.69) is 0 Å². The third kappa shape index (κ3) is 2.37. The van der Waals surface area contributed by atoms with Gasteiger partial charge in [-0.3, -0.25) is 0 Å². The van der Waals surface area contributed by atoms with Crippen LogP contribution in [-0.2, 0) is 30.9 Å². The Kier molecular flexibility index (Phi) is 3.65. The summed E-state index contributed by atoms with van der Waals surface area (Å²) < 4.78 is 0. The Bertz CT molecular complexity index is 71.2. The molecule has 0 rings (SSSR count). The molecule has 0 aromatic carbocycles. The van der Waals surface area contributed by atoms with E-state index in [4.69, 9.17) is 0 Å². The van der Waals surface area contributed by atoms with Crippen LogP contribution in [0.5, 0.6) is 0 Å². The molecule has 7 heavy (non-hydrogen) atoms. The zero-order valence-corrected chi connectivity index (χ0v) is 5.19. The van der Waals surface area contributed by atoms with Gasteiger partial charge in [0.2, 0.25) is 0 Å². The summed E-state index contributed by atoms with van der Waals surface area (Å²) in [7, 11) is 0. The number of rotatable bonds is 3. The van der Waals surface area contributed by atoms with Gasteiger partial charge in [-0.1, -0.05) is 0 Å². The second-order valence-corrected chi connectivity index (χ2v) is 3.82. The molecule has 0 radical (unpaired) electrons. The number of hydrogen-bond acceptors (Lipinski definition) is 3. The van der Waals surface area contributed by atoms with Crippen molar-refractivity contribution >= 4 is 14.4 Å². The van der Waals surface area contributed by atoms with E-state index in [0.29, 0.717) is 14.4 Å². The van der Waals surface area contributed by atoms with Gasteiger partial charge in [0.1, 0.15) is 0 Å². The second-order valence-electron chi connectivity index (χ2n) is 0.645. The molecule has 0 bridgehead atoms. The molecule has 0 aliphatic heterocycles. The van der Waals surface area contributed by atoms with Crippen molar-refractivity contribution in [3.63, 3.8) is 0 Å². The van der Waals surface area contributed by atoms with Gasteiger partial charge < -0.3 is 0 Å². The quantitative estimate of drug-likeness (QED) is 0.539. The summed E-state index contributed by atoms with van der Waals surface area (Å²) in [6.07, 6.45) is 0. The molecule has 0 amide bonds. The van der Waals surface area contributed by atoms with Crippen molar-refractivity contribution < 1.29 is 30.9 Å². The van der Waals surface area contributed by atoms with Gasteiger partial charge in [0, 0.05) is 0 Å². The molecule has 0 heterocycles. The van der Waals surface area contributed by atoms with E-state index in [1.165, 1.54) is 0 Å².